The summed E-state index contributed by atoms with van der Waals surface area (Å²) in [6.07, 6.45) is 3.44. The monoisotopic (exact) mass is 600 g/mol. The molecule has 10 nitrogen and oxygen atoms in total. The number of aliphatic hydroxyl groups excluding tert-OH is 1. The van der Waals surface area contributed by atoms with Crippen molar-refractivity contribution in [2.45, 2.75) is 83.0 Å². The molecule has 1 aliphatic carbocycles. The van der Waals surface area contributed by atoms with E-state index in [9.17, 15) is 19.5 Å². The van der Waals surface area contributed by atoms with E-state index < -0.39 is 35.6 Å². The number of β-amino-alcohol motifs (C(OH)–C–C–N with tert-alkyl or cyclic N) is 1. The van der Waals surface area contributed by atoms with E-state index >= 15 is 0 Å². The lowest BCUT2D eigenvalue weighted by atomic mass is 9.85. The summed E-state index contributed by atoms with van der Waals surface area (Å²) in [6, 6.07) is 15.5. The zero-order chi connectivity index (χ0) is 31.6. The molecular formula is C34H44N6O4. The molecule has 2 aromatic carbocycles. The molecule has 1 aliphatic heterocycles. The molecule has 1 saturated heterocycles. The summed E-state index contributed by atoms with van der Waals surface area (Å²) in [7, 11) is 1.91. The standard InChI is InChI=1S/C34H44N6O4/c1-22(41)27(17-23-11-13-25(14-12-23)24-9-7-6-8-10-24)36-31(43)28-18-26(42)19-39(28)32(44)30(33(2,3)4)40-20-29(37-38-40)34(15-16-34)21-35-5/h6-14,20,26-28,30,35,42H,15-19,21H2,1-5H3,(H,36,43)/t26-,27-,28+,30-/m1/s1. The largest absolute Gasteiger partial charge is 0.391 e. The number of amides is 2. The zero-order valence-corrected chi connectivity index (χ0v) is 26.3. The molecule has 3 aromatic rings. The van der Waals surface area contributed by atoms with Crippen LogP contribution in [0.2, 0.25) is 0 Å². The third-order valence-corrected chi connectivity index (χ3v) is 8.91. The normalized spacial score (nSPS) is 20.6. The van der Waals surface area contributed by atoms with Gasteiger partial charge in [-0.1, -0.05) is 80.6 Å². The van der Waals surface area contributed by atoms with Gasteiger partial charge in [0.1, 0.15) is 12.1 Å². The summed E-state index contributed by atoms with van der Waals surface area (Å²) in [5.74, 6) is -0.936. The van der Waals surface area contributed by atoms with Crippen molar-refractivity contribution in [2.75, 3.05) is 20.1 Å². The summed E-state index contributed by atoms with van der Waals surface area (Å²) < 4.78 is 1.62. The third kappa shape index (κ3) is 6.76. The van der Waals surface area contributed by atoms with E-state index in [-0.39, 0.29) is 30.1 Å². The Kier molecular flexibility index (Phi) is 9.04. The van der Waals surface area contributed by atoms with Crippen molar-refractivity contribution in [1.82, 2.24) is 30.5 Å². The van der Waals surface area contributed by atoms with Gasteiger partial charge in [0, 0.05) is 31.1 Å². The van der Waals surface area contributed by atoms with Crippen molar-refractivity contribution in [3.05, 3.63) is 72.1 Å². The number of Topliss-reactive ketones (excluding diaryl/α,β-unsaturated/α-hetero) is 1. The average Bonchev–Trinajstić information content (AvgIpc) is 3.40. The maximum atomic E-state index is 14.2. The Morgan fingerprint density at radius 3 is 2.30 bits per heavy atom. The van der Waals surface area contributed by atoms with Crippen molar-refractivity contribution < 1.29 is 19.5 Å². The molecule has 0 radical (unpaired) electrons. The molecule has 10 heteroatoms. The Bertz CT molecular complexity index is 1480. The Labute approximate surface area is 259 Å². The summed E-state index contributed by atoms with van der Waals surface area (Å²) in [5, 5.41) is 25.6. The van der Waals surface area contributed by atoms with Gasteiger partial charge < -0.3 is 20.6 Å². The highest BCUT2D eigenvalue weighted by atomic mass is 16.3. The molecule has 2 amide bonds. The second-order valence-corrected chi connectivity index (χ2v) is 13.5. The van der Waals surface area contributed by atoms with Crippen LogP contribution in [0, 0.1) is 5.41 Å². The molecule has 4 atom stereocenters. The second kappa shape index (κ2) is 12.6. The van der Waals surface area contributed by atoms with Crippen molar-refractivity contribution in [3.63, 3.8) is 0 Å². The topological polar surface area (TPSA) is 129 Å². The fourth-order valence-electron chi connectivity index (χ4n) is 6.27. The first-order chi connectivity index (χ1) is 20.9. The van der Waals surface area contributed by atoms with Crippen LogP contribution in [0.5, 0.6) is 0 Å². The molecule has 1 saturated carbocycles. The molecule has 2 heterocycles. The number of aliphatic hydroxyl groups is 1. The number of likely N-dealkylation sites (N-methyl/N-ethyl adjacent to an activating group) is 1. The predicted octanol–water partition coefficient (Wildman–Crippen LogP) is 3.06. The predicted molar refractivity (Wildman–Crippen MR) is 168 cm³/mol. The molecule has 1 aromatic heterocycles. The number of nitrogens with one attached hydrogen (secondary N) is 2. The highest BCUT2D eigenvalue weighted by Crippen LogP contribution is 2.47. The quantitative estimate of drug-likeness (QED) is 0.309. The van der Waals surface area contributed by atoms with Gasteiger partial charge >= 0.3 is 0 Å². The van der Waals surface area contributed by atoms with Crippen LogP contribution in [-0.4, -0.2) is 80.9 Å². The Morgan fingerprint density at radius 1 is 1.05 bits per heavy atom. The molecule has 44 heavy (non-hydrogen) atoms. The zero-order valence-electron chi connectivity index (χ0n) is 26.3. The maximum absolute atomic E-state index is 14.2. The van der Waals surface area contributed by atoms with E-state index in [0.717, 1.165) is 41.8 Å². The minimum Gasteiger partial charge on any atom is -0.391 e. The number of hydrogen-bond acceptors (Lipinski definition) is 7. The van der Waals surface area contributed by atoms with E-state index in [0.29, 0.717) is 6.42 Å². The fourth-order valence-corrected chi connectivity index (χ4v) is 6.27. The summed E-state index contributed by atoms with van der Waals surface area (Å²) in [5.41, 5.74) is 3.31. The van der Waals surface area contributed by atoms with Crippen LogP contribution in [0.25, 0.3) is 11.1 Å². The molecular weight excluding hydrogens is 556 g/mol. The molecule has 0 spiro atoms. The number of aromatic nitrogens is 3. The minimum absolute atomic E-state index is 0.0282. The van der Waals surface area contributed by atoms with Crippen LogP contribution >= 0.6 is 0 Å². The van der Waals surface area contributed by atoms with Crippen LogP contribution < -0.4 is 10.6 Å². The van der Waals surface area contributed by atoms with Gasteiger partial charge in [0.25, 0.3) is 0 Å². The SMILES string of the molecule is CNCC1(c2cn([C@H](C(=O)N3C[C@H](O)C[C@H]3C(=O)N[C@H](Cc3ccc(-c4ccccc4)cc3)C(C)=O)C(C)(C)C)nn2)CC1. The van der Waals surface area contributed by atoms with Gasteiger partial charge in [0.2, 0.25) is 11.8 Å². The van der Waals surface area contributed by atoms with Crippen LogP contribution in [-0.2, 0) is 26.2 Å². The number of carbonyl (C=O) groups excluding carboxylic acids is 3. The molecule has 2 aliphatic rings. The van der Waals surface area contributed by atoms with Gasteiger partial charge in [0.05, 0.1) is 17.8 Å². The highest BCUT2D eigenvalue weighted by molar-refractivity contribution is 5.93. The van der Waals surface area contributed by atoms with E-state index in [1.807, 2.05) is 88.6 Å². The van der Waals surface area contributed by atoms with Crippen molar-refractivity contribution in [3.8, 4) is 11.1 Å². The van der Waals surface area contributed by atoms with Crippen LogP contribution in [0.4, 0.5) is 0 Å². The molecule has 3 N–H and O–H groups in total. The minimum atomic E-state index is -0.910. The number of hydrogen-bond donors (Lipinski definition) is 3. The fraction of sp³-hybridized carbons (Fsp3) is 0.500. The number of carbonyl (C=O) groups is 3. The van der Waals surface area contributed by atoms with Crippen LogP contribution in [0.1, 0.15) is 64.3 Å². The van der Waals surface area contributed by atoms with Gasteiger partial charge in [-0.3, -0.25) is 14.4 Å². The summed E-state index contributed by atoms with van der Waals surface area (Å²) in [4.78, 5) is 42.0. The number of ketones is 1. The first-order valence-electron chi connectivity index (χ1n) is 15.4. The molecule has 0 unspecified atom stereocenters. The van der Waals surface area contributed by atoms with Crippen molar-refractivity contribution >= 4 is 17.6 Å². The van der Waals surface area contributed by atoms with Crippen LogP contribution in [0.15, 0.2) is 60.8 Å². The van der Waals surface area contributed by atoms with Gasteiger partial charge in [0.15, 0.2) is 5.78 Å². The smallest absolute Gasteiger partial charge is 0.248 e. The third-order valence-electron chi connectivity index (χ3n) is 8.91. The first-order valence-corrected chi connectivity index (χ1v) is 15.4. The lowest BCUT2D eigenvalue weighted by Crippen LogP contribution is -2.53. The summed E-state index contributed by atoms with van der Waals surface area (Å²) >= 11 is 0. The number of nitrogens with zero attached hydrogens (tertiary/aromatic N) is 4. The number of likely N-dealkylation sites (tertiary alicyclic amines) is 1. The lowest BCUT2D eigenvalue weighted by Gasteiger charge is -2.35. The lowest BCUT2D eigenvalue weighted by molar-refractivity contribution is -0.144. The Hall–Kier alpha value is -3.89. The summed E-state index contributed by atoms with van der Waals surface area (Å²) in [6.45, 7) is 8.12. The Morgan fingerprint density at radius 2 is 1.70 bits per heavy atom. The van der Waals surface area contributed by atoms with E-state index in [1.165, 1.54) is 11.8 Å². The van der Waals surface area contributed by atoms with Crippen molar-refractivity contribution in [2.24, 2.45) is 5.41 Å². The number of rotatable bonds is 11. The molecule has 2 fully saturated rings. The van der Waals surface area contributed by atoms with E-state index in [4.69, 9.17) is 0 Å². The van der Waals surface area contributed by atoms with Gasteiger partial charge in [-0.15, -0.1) is 5.10 Å². The molecule has 234 valence electrons. The average molecular weight is 601 g/mol. The number of benzene rings is 2. The van der Waals surface area contributed by atoms with Gasteiger partial charge in [-0.25, -0.2) is 4.68 Å². The highest BCUT2D eigenvalue weighted by Gasteiger charge is 2.48. The van der Waals surface area contributed by atoms with E-state index in [2.05, 4.69) is 20.9 Å². The van der Waals surface area contributed by atoms with Gasteiger partial charge in [-0.2, -0.15) is 0 Å². The van der Waals surface area contributed by atoms with Crippen LogP contribution in [0.3, 0.4) is 0 Å². The van der Waals surface area contributed by atoms with Crippen molar-refractivity contribution in [1.29, 1.82) is 0 Å². The molecule has 0 bridgehead atoms. The maximum Gasteiger partial charge on any atom is 0.248 e. The molecule has 5 rings (SSSR count). The Balaban J connectivity index is 1.31. The second-order valence-electron chi connectivity index (χ2n) is 13.5. The van der Waals surface area contributed by atoms with Gasteiger partial charge in [-0.05, 0) is 55.3 Å². The van der Waals surface area contributed by atoms with E-state index in [1.54, 1.807) is 4.68 Å². The first kappa shape index (κ1) is 31.5.